The van der Waals surface area contributed by atoms with Crippen LogP contribution in [0, 0.1) is 10.1 Å². The van der Waals surface area contributed by atoms with Crippen molar-refractivity contribution < 1.29 is 13.3 Å². The van der Waals surface area contributed by atoms with Crippen LogP contribution in [0.4, 0.5) is 0 Å². The Balaban J connectivity index is 2.16. The average Bonchev–Trinajstić information content (AvgIpc) is 3.00. The van der Waals surface area contributed by atoms with Gasteiger partial charge < -0.3 is 0 Å². The average molecular weight is 344 g/mol. The van der Waals surface area contributed by atoms with Crippen molar-refractivity contribution in [1.82, 2.24) is 14.2 Å². The molecule has 24 heavy (non-hydrogen) atoms. The third-order valence-corrected chi connectivity index (χ3v) is 4.83. The molecule has 0 spiro atoms. The van der Waals surface area contributed by atoms with Crippen molar-refractivity contribution in [2.75, 3.05) is 0 Å². The SMILES string of the molecule is O=[N+]([O-])Cc1nc(-c2ccccc2)nn1S(=O)(=O)c1ccccc1. The van der Waals surface area contributed by atoms with Crippen LogP contribution in [0.3, 0.4) is 0 Å². The minimum atomic E-state index is -4.06. The molecule has 9 heteroatoms. The molecule has 0 aliphatic carbocycles. The summed E-state index contributed by atoms with van der Waals surface area (Å²) in [6.07, 6.45) is 0. The lowest BCUT2D eigenvalue weighted by Crippen LogP contribution is -2.19. The summed E-state index contributed by atoms with van der Waals surface area (Å²) in [4.78, 5) is 14.2. The van der Waals surface area contributed by atoms with Gasteiger partial charge in [0.2, 0.25) is 5.82 Å². The summed E-state index contributed by atoms with van der Waals surface area (Å²) in [6.45, 7) is -0.744. The lowest BCUT2D eigenvalue weighted by molar-refractivity contribution is -0.498. The van der Waals surface area contributed by atoms with E-state index >= 15 is 0 Å². The van der Waals surface area contributed by atoms with E-state index in [1.165, 1.54) is 12.1 Å². The Hall–Kier alpha value is -3.07. The third kappa shape index (κ3) is 3.01. The smallest absolute Gasteiger partial charge is 0.264 e. The molecule has 0 saturated heterocycles. The van der Waals surface area contributed by atoms with E-state index in [2.05, 4.69) is 10.1 Å². The van der Waals surface area contributed by atoms with E-state index in [-0.39, 0.29) is 16.5 Å². The zero-order chi connectivity index (χ0) is 17.2. The Kier molecular flexibility index (Phi) is 4.09. The van der Waals surface area contributed by atoms with Gasteiger partial charge in [-0.15, -0.1) is 9.19 Å². The van der Waals surface area contributed by atoms with Crippen molar-refractivity contribution in [1.29, 1.82) is 0 Å². The first-order valence-corrected chi connectivity index (χ1v) is 8.36. The van der Waals surface area contributed by atoms with Crippen molar-refractivity contribution in [2.24, 2.45) is 0 Å². The maximum Gasteiger partial charge on any atom is 0.284 e. The largest absolute Gasteiger partial charge is 0.284 e. The quantitative estimate of drug-likeness (QED) is 0.517. The van der Waals surface area contributed by atoms with Crippen LogP contribution in [-0.2, 0) is 16.6 Å². The monoisotopic (exact) mass is 344 g/mol. The molecule has 2 aromatic carbocycles. The molecule has 0 fully saturated rings. The molecular formula is C15H12N4O4S. The lowest BCUT2D eigenvalue weighted by atomic mass is 10.2. The number of hydrogen-bond acceptors (Lipinski definition) is 6. The lowest BCUT2D eigenvalue weighted by Gasteiger charge is -2.05. The van der Waals surface area contributed by atoms with Crippen molar-refractivity contribution in [3.63, 3.8) is 0 Å². The second-order valence-electron chi connectivity index (χ2n) is 4.87. The minimum absolute atomic E-state index is 0.0147. The molecule has 122 valence electrons. The van der Waals surface area contributed by atoms with Crippen LogP contribution >= 0.6 is 0 Å². The summed E-state index contributed by atoms with van der Waals surface area (Å²) in [5.74, 6) is -0.130. The molecule has 0 bridgehead atoms. The first kappa shape index (κ1) is 15.8. The van der Waals surface area contributed by atoms with E-state index in [1.54, 1.807) is 48.5 Å². The number of aromatic nitrogens is 3. The Labute approximate surface area is 137 Å². The summed E-state index contributed by atoms with van der Waals surface area (Å²) in [5, 5.41) is 14.9. The number of hydrogen-bond donors (Lipinski definition) is 0. The second kappa shape index (κ2) is 6.20. The number of nitrogens with zero attached hydrogens (tertiary/aromatic N) is 4. The summed E-state index contributed by atoms with van der Waals surface area (Å²) in [6, 6.07) is 16.3. The Morgan fingerprint density at radius 2 is 1.58 bits per heavy atom. The van der Waals surface area contributed by atoms with E-state index in [4.69, 9.17) is 0 Å². The molecular weight excluding hydrogens is 332 g/mol. The van der Waals surface area contributed by atoms with Crippen LogP contribution in [0.5, 0.6) is 0 Å². The first-order chi connectivity index (χ1) is 11.5. The van der Waals surface area contributed by atoms with Crippen molar-refractivity contribution in [3.05, 3.63) is 76.6 Å². The fraction of sp³-hybridized carbons (Fsp3) is 0.0667. The van der Waals surface area contributed by atoms with Gasteiger partial charge in [-0.1, -0.05) is 48.5 Å². The zero-order valence-corrected chi connectivity index (χ0v) is 13.1. The van der Waals surface area contributed by atoms with Gasteiger partial charge in [-0.25, -0.2) is 4.98 Å². The molecule has 3 rings (SSSR count). The second-order valence-corrected chi connectivity index (χ2v) is 6.64. The van der Waals surface area contributed by atoms with Crippen LogP contribution in [0.15, 0.2) is 65.6 Å². The summed E-state index contributed by atoms with van der Waals surface area (Å²) in [5.41, 5.74) is 0.573. The molecule has 1 aromatic heterocycles. The standard InChI is InChI=1S/C15H12N4O4S/c20-18(21)11-14-16-15(12-7-3-1-4-8-12)17-19(14)24(22,23)13-9-5-2-6-10-13/h1-10H,11H2. The predicted molar refractivity (Wildman–Crippen MR) is 85.2 cm³/mol. The van der Waals surface area contributed by atoms with Crippen LogP contribution in [0.25, 0.3) is 11.4 Å². The van der Waals surface area contributed by atoms with Crippen molar-refractivity contribution >= 4 is 10.0 Å². The van der Waals surface area contributed by atoms with E-state index in [0.717, 1.165) is 0 Å². The third-order valence-electron chi connectivity index (χ3n) is 3.21. The van der Waals surface area contributed by atoms with Crippen LogP contribution in [-0.4, -0.2) is 27.5 Å². The van der Waals surface area contributed by atoms with Gasteiger partial charge in [0.05, 0.1) is 4.90 Å². The molecule has 0 atom stereocenters. The maximum atomic E-state index is 12.7. The van der Waals surface area contributed by atoms with Crippen LogP contribution in [0.1, 0.15) is 5.82 Å². The molecule has 0 aliphatic heterocycles. The number of rotatable bonds is 5. The normalized spacial score (nSPS) is 11.3. The predicted octanol–water partition coefficient (Wildman–Crippen LogP) is 1.96. The van der Waals surface area contributed by atoms with E-state index in [9.17, 15) is 18.5 Å². The number of nitro groups is 1. The fourth-order valence-electron chi connectivity index (χ4n) is 2.14. The molecule has 0 N–H and O–H groups in total. The molecule has 0 saturated carbocycles. The van der Waals surface area contributed by atoms with E-state index in [1.807, 2.05) is 0 Å². The van der Waals surface area contributed by atoms with Gasteiger partial charge in [0.25, 0.3) is 16.6 Å². The van der Waals surface area contributed by atoms with Gasteiger partial charge in [0.15, 0.2) is 5.82 Å². The van der Waals surface area contributed by atoms with Crippen molar-refractivity contribution in [3.8, 4) is 11.4 Å². The van der Waals surface area contributed by atoms with Gasteiger partial charge >= 0.3 is 0 Å². The molecule has 0 unspecified atom stereocenters. The highest BCUT2D eigenvalue weighted by Crippen LogP contribution is 2.20. The molecule has 3 aromatic rings. The molecule has 0 amide bonds. The van der Waals surface area contributed by atoms with Gasteiger partial charge in [0, 0.05) is 10.5 Å². The highest BCUT2D eigenvalue weighted by Gasteiger charge is 2.26. The minimum Gasteiger partial charge on any atom is -0.264 e. The molecule has 8 nitrogen and oxygen atoms in total. The van der Waals surface area contributed by atoms with E-state index in [0.29, 0.717) is 9.65 Å². The van der Waals surface area contributed by atoms with Crippen LogP contribution < -0.4 is 0 Å². The Bertz CT molecular complexity index is 969. The van der Waals surface area contributed by atoms with Gasteiger partial charge in [-0.3, -0.25) is 10.1 Å². The van der Waals surface area contributed by atoms with Gasteiger partial charge in [-0.2, -0.15) is 8.42 Å². The summed E-state index contributed by atoms with van der Waals surface area (Å²) >= 11 is 0. The highest BCUT2D eigenvalue weighted by molar-refractivity contribution is 7.89. The molecule has 0 aliphatic rings. The zero-order valence-electron chi connectivity index (χ0n) is 12.3. The fourth-order valence-corrected chi connectivity index (χ4v) is 3.40. The Morgan fingerprint density at radius 1 is 1.00 bits per heavy atom. The topological polar surface area (TPSA) is 108 Å². The summed E-state index contributed by atoms with van der Waals surface area (Å²) < 4.78 is 26.1. The Morgan fingerprint density at radius 3 is 2.17 bits per heavy atom. The first-order valence-electron chi connectivity index (χ1n) is 6.92. The molecule has 1 heterocycles. The van der Waals surface area contributed by atoms with Gasteiger partial charge in [-0.05, 0) is 12.1 Å². The number of benzene rings is 2. The van der Waals surface area contributed by atoms with Crippen molar-refractivity contribution in [2.45, 2.75) is 11.4 Å². The molecule has 0 radical (unpaired) electrons. The van der Waals surface area contributed by atoms with E-state index < -0.39 is 21.5 Å². The van der Waals surface area contributed by atoms with Gasteiger partial charge in [0.1, 0.15) is 0 Å². The highest BCUT2D eigenvalue weighted by atomic mass is 32.2. The maximum absolute atomic E-state index is 12.7. The van der Waals surface area contributed by atoms with Crippen LogP contribution in [0.2, 0.25) is 0 Å². The summed E-state index contributed by atoms with van der Waals surface area (Å²) in [7, 11) is -4.06.